The zero-order valence-corrected chi connectivity index (χ0v) is 12.0. The summed E-state index contributed by atoms with van der Waals surface area (Å²) in [5, 5.41) is 3.14. The van der Waals surface area contributed by atoms with Gasteiger partial charge in [-0.15, -0.1) is 0 Å². The number of fused-ring (bicyclic) bond motifs is 2. The molecule has 0 heterocycles. The molecule has 1 N–H and O–H groups in total. The van der Waals surface area contributed by atoms with Crippen LogP contribution < -0.4 is 10.1 Å². The number of nitrogens with one attached hydrogen (secondary N) is 1. The van der Waals surface area contributed by atoms with Gasteiger partial charge in [-0.1, -0.05) is 6.42 Å². The van der Waals surface area contributed by atoms with Crippen LogP contribution in [0.5, 0.6) is 5.75 Å². The molecule has 110 valence electrons. The second kappa shape index (κ2) is 5.32. The summed E-state index contributed by atoms with van der Waals surface area (Å²) in [4.78, 5) is 0. The lowest BCUT2D eigenvalue weighted by atomic mass is 9.80. The highest BCUT2D eigenvalue weighted by atomic mass is 19.1. The first-order valence-electron chi connectivity index (χ1n) is 7.34. The van der Waals surface area contributed by atoms with Gasteiger partial charge in [0.2, 0.25) is 0 Å². The lowest BCUT2D eigenvalue weighted by molar-refractivity contribution is 0.250. The average Bonchev–Trinajstić information content (AvgIpc) is 3.05. The van der Waals surface area contributed by atoms with Crippen LogP contribution in [0.25, 0.3) is 0 Å². The monoisotopic (exact) mass is 281 g/mol. The topological polar surface area (TPSA) is 21.3 Å². The van der Waals surface area contributed by atoms with E-state index < -0.39 is 11.6 Å². The van der Waals surface area contributed by atoms with Gasteiger partial charge < -0.3 is 10.1 Å². The zero-order valence-electron chi connectivity index (χ0n) is 12.0. The Morgan fingerprint density at radius 1 is 1.20 bits per heavy atom. The minimum absolute atomic E-state index is 0.172. The Labute approximate surface area is 118 Å². The van der Waals surface area contributed by atoms with Crippen molar-refractivity contribution in [2.24, 2.45) is 17.8 Å². The number of ether oxygens (including phenoxy) is 1. The van der Waals surface area contributed by atoms with Gasteiger partial charge in [-0.3, -0.25) is 0 Å². The molecular formula is C16H21F2NO. The van der Waals surface area contributed by atoms with Gasteiger partial charge in [-0.05, 0) is 44.1 Å². The minimum Gasteiger partial charge on any atom is -0.497 e. The SMILES string of the molecule is CNC(c1c(F)cc(OC)cc1F)C1CC2CCC1C2. The predicted octanol–water partition coefficient (Wildman–Crippen LogP) is 3.67. The molecule has 2 bridgehead atoms. The van der Waals surface area contributed by atoms with Crippen molar-refractivity contribution in [3.05, 3.63) is 29.3 Å². The molecule has 2 fully saturated rings. The van der Waals surface area contributed by atoms with Crippen LogP contribution in [0.3, 0.4) is 0 Å². The summed E-state index contributed by atoms with van der Waals surface area (Å²) in [6.45, 7) is 0. The molecule has 0 aromatic heterocycles. The van der Waals surface area contributed by atoms with E-state index in [2.05, 4.69) is 5.32 Å². The largest absolute Gasteiger partial charge is 0.497 e. The molecule has 0 spiro atoms. The molecule has 2 aliphatic carbocycles. The van der Waals surface area contributed by atoms with Crippen LogP contribution in [-0.4, -0.2) is 14.2 Å². The molecule has 4 unspecified atom stereocenters. The molecule has 3 rings (SSSR count). The fourth-order valence-corrected chi connectivity index (χ4v) is 4.25. The summed E-state index contributed by atoms with van der Waals surface area (Å²) >= 11 is 0. The number of hydrogen-bond donors (Lipinski definition) is 1. The van der Waals surface area contributed by atoms with E-state index in [4.69, 9.17) is 4.74 Å². The standard InChI is InChI=1S/C16H21F2NO/c1-19-16(12-6-9-3-4-10(12)5-9)15-13(17)7-11(20-2)8-14(15)18/h7-10,12,16,19H,3-6H2,1-2H3. The summed E-state index contributed by atoms with van der Waals surface area (Å²) in [5.41, 5.74) is 0.172. The molecule has 1 aromatic carbocycles. The van der Waals surface area contributed by atoms with Gasteiger partial charge in [-0.2, -0.15) is 0 Å². The molecular weight excluding hydrogens is 260 g/mol. The minimum atomic E-state index is -0.510. The first-order valence-corrected chi connectivity index (χ1v) is 7.34. The molecule has 4 atom stereocenters. The van der Waals surface area contributed by atoms with Crippen molar-refractivity contribution in [1.82, 2.24) is 5.32 Å². The number of hydrogen-bond acceptors (Lipinski definition) is 2. The van der Waals surface area contributed by atoms with E-state index in [1.54, 1.807) is 7.05 Å². The van der Waals surface area contributed by atoms with E-state index in [1.165, 1.54) is 38.5 Å². The van der Waals surface area contributed by atoms with E-state index in [0.29, 0.717) is 11.8 Å². The van der Waals surface area contributed by atoms with E-state index >= 15 is 0 Å². The Morgan fingerprint density at radius 2 is 1.90 bits per heavy atom. The Hall–Kier alpha value is -1.16. The molecule has 0 aliphatic heterocycles. The van der Waals surface area contributed by atoms with Gasteiger partial charge in [0, 0.05) is 23.7 Å². The molecule has 2 saturated carbocycles. The highest BCUT2D eigenvalue weighted by molar-refractivity contribution is 5.33. The third kappa shape index (κ3) is 2.20. The van der Waals surface area contributed by atoms with Gasteiger partial charge >= 0.3 is 0 Å². The third-order valence-corrected chi connectivity index (χ3v) is 5.13. The highest BCUT2D eigenvalue weighted by Crippen LogP contribution is 2.53. The zero-order chi connectivity index (χ0) is 14.3. The quantitative estimate of drug-likeness (QED) is 0.909. The lowest BCUT2D eigenvalue weighted by Gasteiger charge is -2.31. The smallest absolute Gasteiger partial charge is 0.134 e. The van der Waals surface area contributed by atoms with Gasteiger partial charge in [0.1, 0.15) is 17.4 Å². The summed E-state index contributed by atoms with van der Waals surface area (Å²) in [6, 6.07) is 2.31. The van der Waals surface area contributed by atoms with Crippen LogP contribution in [0.15, 0.2) is 12.1 Å². The first kappa shape index (κ1) is 13.8. The summed E-state index contributed by atoms with van der Waals surface area (Å²) < 4.78 is 33.5. The number of methoxy groups -OCH3 is 1. The van der Waals surface area contributed by atoms with Crippen molar-refractivity contribution in [2.45, 2.75) is 31.7 Å². The Morgan fingerprint density at radius 3 is 2.35 bits per heavy atom. The third-order valence-electron chi connectivity index (χ3n) is 5.13. The maximum absolute atomic E-state index is 14.3. The Bertz CT molecular complexity index is 482. The molecule has 1 aromatic rings. The van der Waals surface area contributed by atoms with Crippen LogP contribution in [0.1, 0.15) is 37.3 Å². The highest BCUT2D eigenvalue weighted by Gasteiger charge is 2.44. The van der Waals surface area contributed by atoms with Crippen LogP contribution >= 0.6 is 0 Å². The van der Waals surface area contributed by atoms with Crippen molar-refractivity contribution in [2.75, 3.05) is 14.2 Å². The van der Waals surface area contributed by atoms with Crippen molar-refractivity contribution in [3.63, 3.8) is 0 Å². The van der Waals surface area contributed by atoms with Crippen molar-refractivity contribution < 1.29 is 13.5 Å². The van der Waals surface area contributed by atoms with E-state index in [0.717, 1.165) is 12.3 Å². The lowest BCUT2D eigenvalue weighted by Crippen LogP contribution is -2.30. The molecule has 2 nitrogen and oxygen atoms in total. The Balaban J connectivity index is 1.93. The maximum atomic E-state index is 14.3. The van der Waals surface area contributed by atoms with Crippen LogP contribution in [0.4, 0.5) is 8.78 Å². The summed E-state index contributed by atoms with van der Waals surface area (Å²) in [6.07, 6.45) is 4.79. The molecule has 20 heavy (non-hydrogen) atoms. The average molecular weight is 281 g/mol. The second-order valence-corrected chi connectivity index (χ2v) is 6.11. The number of rotatable bonds is 4. The van der Waals surface area contributed by atoms with Gasteiger partial charge in [0.05, 0.1) is 7.11 Å². The summed E-state index contributed by atoms with van der Waals surface area (Å²) in [5.74, 6) is 0.916. The number of benzene rings is 1. The van der Waals surface area contributed by atoms with Crippen LogP contribution in [-0.2, 0) is 0 Å². The maximum Gasteiger partial charge on any atom is 0.134 e. The fraction of sp³-hybridized carbons (Fsp3) is 0.625. The Kier molecular flexibility index (Phi) is 3.67. The fourth-order valence-electron chi connectivity index (χ4n) is 4.25. The number of halogens is 2. The normalized spacial score (nSPS) is 29.7. The first-order chi connectivity index (χ1) is 9.63. The predicted molar refractivity (Wildman–Crippen MR) is 73.6 cm³/mol. The van der Waals surface area contributed by atoms with E-state index in [9.17, 15) is 8.78 Å². The molecule has 2 aliphatic rings. The van der Waals surface area contributed by atoms with Crippen LogP contribution in [0, 0.1) is 29.4 Å². The van der Waals surface area contributed by atoms with E-state index in [-0.39, 0.29) is 17.4 Å². The molecule has 0 radical (unpaired) electrons. The van der Waals surface area contributed by atoms with Crippen molar-refractivity contribution in [3.8, 4) is 5.75 Å². The van der Waals surface area contributed by atoms with Crippen LogP contribution in [0.2, 0.25) is 0 Å². The van der Waals surface area contributed by atoms with E-state index in [1.807, 2.05) is 0 Å². The summed E-state index contributed by atoms with van der Waals surface area (Å²) in [7, 11) is 3.21. The van der Waals surface area contributed by atoms with Crippen molar-refractivity contribution in [1.29, 1.82) is 0 Å². The molecule has 0 amide bonds. The van der Waals surface area contributed by atoms with Crippen molar-refractivity contribution >= 4 is 0 Å². The van der Waals surface area contributed by atoms with Gasteiger partial charge in [0.25, 0.3) is 0 Å². The molecule has 4 heteroatoms. The van der Waals surface area contributed by atoms with Gasteiger partial charge in [0.15, 0.2) is 0 Å². The second-order valence-electron chi connectivity index (χ2n) is 6.11. The molecule has 0 saturated heterocycles. The van der Waals surface area contributed by atoms with Gasteiger partial charge in [-0.25, -0.2) is 8.78 Å².